The third-order valence-corrected chi connectivity index (χ3v) is 6.01. The molecule has 36 heavy (non-hydrogen) atoms. The Morgan fingerprint density at radius 1 is 0.944 bits per heavy atom. The average Bonchev–Trinajstić information content (AvgIpc) is 3.57. The van der Waals surface area contributed by atoms with E-state index in [2.05, 4.69) is 15.6 Å². The van der Waals surface area contributed by atoms with E-state index in [0.29, 0.717) is 17.0 Å². The number of anilines is 1. The molecule has 5 aromatic rings. The average molecular weight is 480 g/mol. The molecule has 5 rings (SSSR count). The lowest BCUT2D eigenvalue weighted by Gasteiger charge is -2.32. The van der Waals surface area contributed by atoms with E-state index < -0.39 is 6.04 Å². The number of aromatic nitrogens is 3. The fourth-order valence-electron chi connectivity index (χ4n) is 4.24. The summed E-state index contributed by atoms with van der Waals surface area (Å²) in [5, 5.41) is 11.3. The fourth-order valence-corrected chi connectivity index (χ4v) is 4.24. The van der Waals surface area contributed by atoms with Crippen LogP contribution in [0.2, 0.25) is 0 Å². The lowest BCUT2D eigenvalue weighted by Crippen LogP contribution is -2.45. The summed E-state index contributed by atoms with van der Waals surface area (Å²) in [5.74, 6) is 0.0122. The molecule has 8 heteroatoms. The first kappa shape index (κ1) is 23.0. The highest BCUT2D eigenvalue weighted by Gasteiger charge is 2.34. The molecule has 0 saturated carbocycles. The number of carbonyl (C=O) groups is 2. The maximum Gasteiger partial charge on any atom is 0.249 e. The number of amides is 2. The summed E-state index contributed by atoms with van der Waals surface area (Å²) >= 11 is 0. The molecule has 0 radical (unpaired) electrons. The smallest absolute Gasteiger partial charge is 0.249 e. The minimum Gasteiger partial charge on any atom is -0.467 e. The highest BCUT2D eigenvalue weighted by molar-refractivity contribution is 6.01. The first-order valence-corrected chi connectivity index (χ1v) is 11.6. The number of para-hydroxylation sites is 2. The van der Waals surface area contributed by atoms with Gasteiger partial charge in [-0.25, -0.2) is 4.68 Å². The van der Waals surface area contributed by atoms with Gasteiger partial charge in [-0.05, 0) is 54.4 Å². The molecule has 0 fully saturated rings. The quantitative estimate of drug-likeness (QED) is 0.356. The van der Waals surface area contributed by atoms with Gasteiger partial charge in [-0.15, -0.1) is 5.10 Å². The maximum atomic E-state index is 14.0. The van der Waals surface area contributed by atoms with Crippen LogP contribution in [0.15, 0.2) is 102 Å². The second-order valence-corrected chi connectivity index (χ2v) is 8.39. The van der Waals surface area contributed by atoms with E-state index in [4.69, 9.17) is 4.42 Å². The van der Waals surface area contributed by atoms with Gasteiger partial charge in [-0.2, -0.15) is 0 Å². The second kappa shape index (κ2) is 10.3. The van der Waals surface area contributed by atoms with Crippen LogP contribution in [0.4, 0.5) is 5.69 Å². The molecule has 2 amide bonds. The summed E-state index contributed by atoms with van der Waals surface area (Å²) in [7, 11) is 0. The normalized spacial score (nSPS) is 11.8. The molecule has 8 nitrogen and oxygen atoms in total. The number of hydrogen-bond donors (Lipinski definition) is 1. The SMILES string of the molecule is Cc1ccccc1[C@@H](C(=O)NCc1ccco1)N(C(=O)Cn1nnc2ccccc21)c1ccccc1. The molecule has 1 atom stereocenters. The van der Waals surface area contributed by atoms with Gasteiger partial charge in [0.25, 0.3) is 0 Å². The van der Waals surface area contributed by atoms with Crippen molar-refractivity contribution in [2.24, 2.45) is 0 Å². The van der Waals surface area contributed by atoms with Crippen molar-refractivity contribution in [1.29, 1.82) is 0 Å². The zero-order valence-electron chi connectivity index (χ0n) is 19.7. The molecule has 0 spiro atoms. The summed E-state index contributed by atoms with van der Waals surface area (Å²) in [6.07, 6.45) is 1.56. The third-order valence-electron chi connectivity index (χ3n) is 6.01. The lowest BCUT2D eigenvalue weighted by atomic mass is 9.98. The van der Waals surface area contributed by atoms with Crippen LogP contribution in [0.5, 0.6) is 0 Å². The summed E-state index contributed by atoms with van der Waals surface area (Å²) in [4.78, 5) is 29.2. The van der Waals surface area contributed by atoms with Crippen molar-refractivity contribution in [3.8, 4) is 0 Å². The Hall–Kier alpha value is -4.72. The molecular formula is C28H25N5O3. The topological polar surface area (TPSA) is 93.3 Å². The lowest BCUT2D eigenvalue weighted by molar-refractivity contribution is -0.127. The maximum absolute atomic E-state index is 14.0. The van der Waals surface area contributed by atoms with Crippen LogP contribution >= 0.6 is 0 Å². The number of aryl methyl sites for hydroxylation is 1. The third kappa shape index (κ3) is 4.74. The minimum absolute atomic E-state index is 0.0801. The van der Waals surface area contributed by atoms with E-state index >= 15 is 0 Å². The molecule has 0 bridgehead atoms. The Balaban J connectivity index is 1.55. The number of nitrogens with zero attached hydrogens (tertiary/aromatic N) is 4. The van der Waals surface area contributed by atoms with Gasteiger partial charge in [0.2, 0.25) is 11.8 Å². The zero-order valence-corrected chi connectivity index (χ0v) is 19.7. The number of hydrogen-bond acceptors (Lipinski definition) is 5. The van der Waals surface area contributed by atoms with Crippen LogP contribution in [-0.4, -0.2) is 26.8 Å². The summed E-state index contributed by atoms with van der Waals surface area (Å²) < 4.78 is 6.94. The molecular weight excluding hydrogens is 454 g/mol. The predicted molar refractivity (Wildman–Crippen MR) is 136 cm³/mol. The predicted octanol–water partition coefficient (Wildman–Crippen LogP) is 4.42. The summed E-state index contributed by atoms with van der Waals surface area (Å²) in [5.41, 5.74) is 3.68. The molecule has 1 N–H and O–H groups in total. The highest BCUT2D eigenvalue weighted by atomic mass is 16.3. The molecule has 3 aromatic carbocycles. The molecule has 0 aliphatic heterocycles. The monoisotopic (exact) mass is 479 g/mol. The second-order valence-electron chi connectivity index (χ2n) is 8.39. The van der Waals surface area contributed by atoms with Crippen LogP contribution in [0.3, 0.4) is 0 Å². The molecule has 0 aliphatic rings. The van der Waals surface area contributed by atoms with Crippen molar-refractivity contribution in [1.82, 2.24) is 20.3 Å². The van der Waals surface area contributed by atoms with Gasteiger partial charge in [0, 0.05) is 5.69 Å². The van der Waals surface area contributed by atoms with Crippen molar-refractivity contribution < 1.29 is 14.0 Å². The molecule has 2 heterocycles. The van der Waals surface area contributed by atoms with Crippen LogP contribution in [-0.2, 0) is 22.7 Å². The van der Waals surface area contributed by atoms with Crippen molar-refractivity contribution in [3.05, 3.63) is 114 Å². The first-order valence-electron chi connectivity index (χ1n) is 11.6. The molecule has 0 unspecified atom stereocenters. The van der Waals surface area contributed by atoms with Crippen LogP contribution in [0.25, 0.3) is 11.0 Å². The van der Waals surface area contributed by atoms with E-state index in [1.807, 2.05) is 85.8 Å². The molecule has 2 aromatic heterocycles. The van der Waals surface area contributed by atoms with Gasteiger partial charge in [0.15, 0.2) is 0 Å². The van der Waals surface area contributed by atoms with Gasteiger partial charge in [-0.3, -0.25) is 14.5 Å². The molecule has 180 valence electrons. The standard InChI is InChI=1S/C28H25N5O3/c1-20-10-5-6-14-23(20)27(28(35)29-18-22-13-9-17-36-22)33(21-11-3-2-4-12-21)26(34)19-32-25-16-8-7-15-24(25)30-31-32/h2-17,27H,18-19H2,1H3,(H,29,35)/t27-/m0/s1. The number of rotatable bonds is 8. The number of furan rings is 1. The molecule has 0 aliphatic carbocycles. The molecule has 0 saturated heterocycles. The Kier molecular flexibility index (Phi) is 6.57. The van der Waals surface area contributed by atoms with Crippen molar-refractivity contribution in [3.63, 3.8) is 0 Å². The Morgan fingerprint density at radius 2 is 1.69 bits per heavy atom. The Bertz CT molecular complexity index is 1480. The van der Waals surface area contributed by atoms with Gasteiger partial charge in [0.05, 0.1) is 18.3 Å². The van der Waals surface area contributed by atoms with Gasteiger partial charge in [0.1, 0.15) is 23.9 Å². The van der Waals surface area contributed by atoms with Crippen molar-refractivity contribution in [2.45, 2.75) is 26.1 Å². The van der Waals surface area contributed by atoms with Gasteiger partial charge in [-0.1, -0.05) is 59.8 Å². The first-order chi connectivity index (χ1) is 17.6. The van der Waals surface area contributed by atoms with E-state index in [-0.39, 0.29) is 24.9 Å². The summed E-state index contributed by atoms with van der Waals surface area (Å²) in [6, 6.07) is 26.9. The number of benzene rings is 3. The van der Waals surface area contributed by atoms with E-state index in [1.165, 1.54) is 4.90 Å². The Morgan fingerprint density at radius 3 is 2.47 bits per heavy atom. The minimum atomic E-state index is -0.911. The van der Waals surface area contributed by atoms with Crippen LogP contribution < -0.4 is 10.2 Å². The van der Waals surface area contributed by atoms with Crippen molar-refractivity contribution >= 4 is 28.5 Å². The van der Waals surface area contributed by atoms with E-state index in [1.54, 1.807) is 23.1 Å². The van der Waals surface area contributed by atoms with E-state index in [9.17, 15) is 9.59 Å². The Labute approximate surface area is 208 Å². The fraction of sp³-hybridized carbons (Fsp3) is 0.143. The largest absolute Gasteiger partial charge is 0.467 e. The van der Waals surface area contributed by atoms with Gasteiger partial charge < -0.3 is 9.73 Å². The van der Waals surface area contributed by atoms with E-state index in [0.717, 1.165) is 16.6 Å². The summed E-state index contributed by atoms with van der Waals surface area (Å²) in [6.45, 7) is 2.06. The number of carbonyl (C=O) groups excluding carboxylic acids is 2. The van der Waals surface area contributed by atoms with Crippen LogP contribution in [0.1, 0.15) is 22.9 Å². The zero-order chi connectivity index (χ0) is 24.9. The van der Waals surface area contributed by atoms with Crippen molar-refractivity contribution in [2.75, 3.05) is 4.90 Å². The number of nitrogens with one attached hydrogen (secondary N) is 1. The van der Waals surface area contributed by atoms with Gasteiger partial charge >= 0.3 is 0 Å². The highest BCUT2D eigenvalue weighted by Crippen LogP contribution is 2.30. The van der Waals surface area contributed by atoms with Crippen LogP contribution in [0, 0.1) is 6.92 Å². The number of fused-ring (bicyclic) bond motifs is 1.